The minimum absolute atomic E-state index is 0.0339. The van der Waals surface area contributed by atoms with Crippen molar-refractivity contribution in [2.75, 3.05) is 0 Å². The van der Waals surface area contributed by atoms with Crippen molar-refractivity contribution in [1.82, 2.24) is 34.7 Å². The highest BCUT2D eigenvalue weighted by atomic mass is 16.2. The quantitative estimate of drug-likeness (QED) is 0.737. The van der Waals surface area contributed by atoms with Crippen LogP contribution in [0.25, 0.3) is 5.78 Å². The predicted octanol–water partition coefficient (Wildman–Crippen LogP) is 1.52. The van der Waals surface area contributed by atoms with Gasteiger partial charge in [-0.1, -0.05) is 0 Å². The second kappa shape index (κ2) is 7.14. The zero-order valence-corrected chi connectivity index (χ0v) is 16.2. The average molecular weight is 381 g/mol. The molecule has 1 N–H and O–H groups in total. The van der Waals surface area contributed by atoms with E-state index in [1.807, 2.05) is 26.8 Å². The molecule has 0 aliphatic heterocycles. The number of nitrogens with one attached hydrogen (secondary N) is 1. The van der Waals surface area contributed by atoms with E-state index in [0.717, 1.165) is 42.8 Å². The molecule has 3 aromatic heterocycles. The molecule has 0 radical (unpaired) electrons. The fraction of sp³-hybridized carbons (Fsp3) is 0.474. The van der Waals surface area contributed by atoms with Crippen molar-refractivity contribution in [3.05, 3.63) is 51.5 Å². The molecule has 9 nitrogen and oxygen atoms in total. The van der Waals surface area contributed by atoms with Gasteiger partial charge >= 0.3 is 0 Å². The van der Waals surface area contributed by atoms with Crippen LogP contribution in [-0.2, 0) is 0 Å². The Hall–Kier alpha value is -3.10. The normalized spacial score (nSPS) is 19.7. The summed E-state index contributed by atoms with van der Waals surface area (Å²) in [5.41, 5.74) is 2.46. The average Bonchev–Trinajstić information content (AvgIpc) is 3.09. The molecule has 1 fully saturated rings. The van der Waals surface area contributed by atoms with Crippen molar-refractivity contribution < 1.29 is 4.79 Å². The smallest absolute Gasteiger partial charge is 0.291 e. The van der Waals surface area contributed by atoms with Crippen LogP contribution in [0.4, 0.5) is 0 Å². The van der Waals surface area contributed by atoms with Gasteiger partial charge in [-0.25, -0.2) is 14.2 Å². The molecule has 146 valence electrons. The standard InChI is InChI=1S/C19H23N7O2/c1-11-4-9-16(27)26(23-11)15-7-5-14(6-8-15)21-18(28)17-22-19-20-12(2)10-13(3)25(19)24-17/h4,9-10,14-15H,5-8H2,1-3H3,(H,21,28). The molecular weight excluding hydrogens is 358 g/mol. The highest BCUT2D eigenvalue weighted by molar-refractivity contribution is 5.91. The van der Waals surface area contributed by atoms with Crippen molar-refractivity contribution in [2.45, 2.75) is 58.5 Å². The van der Waals surface area contributed by atoms with Crippen LogP contribution in [-0.4, -0.2) is 41.3 Å². The molecule has 1 saturated carbocycles. The Labute approximate surface area is 161 Å². The number of carbonyl (C=O) groups is 1. The number of hydrogen-bond acceptors (Lipinski definition) is 6. The van der Waals surface area contributed by atoms with Crippen LogP contribution in [0.3, 0.4) is 0 Å². The maximum atomic E-state index is 12.6. The van der Waals surface area contributed by atoms with E-state index in [9.17, 15) is 9.59 Å². The third kappa shape index (κ3) is 3.51. The Kier molecular flexibility index (Phi) is 4.66. The first-order chi connectivity index (χ1) is 13.4. The van der Waals surface area contributed by atoms with E-state index >= 15 is 0 Å². The number of nitrogens with zero attached hydrogens (tertiary/aromatic N) is 6. The van der Waals surface area contributed by atoms with Gasteiger partial charge in [0.1, 0.15) is 0 Å². The summed E-state index contributed by atoms with van der Waals surface area (Å²) in [6.45, 7) is 5.66. The molecule has 4 rings (SSSR count). The minimum Gasteiger partial charge on any atom is -0.347 e. The highest BCUT2D eigenvalue weighted by Crippen LogP contribution is 2.27. The second-order valence-electron chi connectivity index (χ2n) is 7.42. The molecule has 3 heterocycles. The van der Waals surface area contributed by atoms with Gasteiger partial charge in [0.15, 0.2) is 0 Å². The van der Waals surface area contributed by atoms with Crippen LogP contribution in [0.1, 0.15) is 59.4 Å². The number of rotatable bonds is 3. The molecule has 0 spiro atoms. The molecule has 0 bridgehead atoms. The first-order valence-electron chi connectivity index (χ1n) is 9.49. The lowest BCUT2D eigenvalue weighted by Gasteiger charge is -2.29. The molecule has 1 aliphatic carbocycles. The summed E-state index contributed by atoms with van der Waals surface area (Å²) in [5.74, 6) is 0.257. The number of aromatic nitrogens is 6. The Morgan fingerprint density at radius 2 is 1.79 bits per heavy atom. The van der Waals surface area contributed by atoms with Crippen molar-refractivity contribution in [3.8, 4) is 0 Å². The second-order valence-corrected chi connectivity index (χ2v) is 7.42. The van der Waals surface area contributed by atoms with Crippen molar-refractivity contribution in [3.63, 3.8) is 0 Å². The SMILES string of the molecule is Cc1cc(C)n2nc(C(=O)NC3CCC(n4nc(C)ccc4=O)CC3)nc2n1. The van der Waals surface area contributed by atoms with E-state index in [1.165, 1.54) is 0 Å². The fourth-order valence-corrected chi connectivity index (χ4v) is 3.76. The molecule has 28 heavy (non-hydrogen) atoms. The predicted molar refractivity (Wildman–Crippen MR) is 102 cm³/mol. The fourth-order valence-electron chi connectivity index (χ4n) is 3.76. The maximum Gasteiger partial charge on any atom is 0.291 e. The van der Waals surface area contributed by atoms with E-state index in [-0.39, 0.29) is 29.4 Å². The van der Waals surface area contributed by atoms with Gasteiger partial charge in [0.25, 0.3) is 17.2 Å². The lowest BCUT2D eigenvalue weighted by Crippen LogP contribution is -2.40. The van der Waals surface area contributed by atoms with Gasteiger partial charge < -0.3 is 5.32 Å². The van der Waals surface area contributed by atoms with E-state index in [2.05, 4.69) is 25.5 Å². The van der Waals surface area contributed by atoms with E-state index in [0.29, 0.717) is 5.78 Å². The molecule has 0 unspecified atom stereocenters. The number of aryl methyl sites for hydroxylation is 3. The monoisotopic (exact) mass is 381 g/mol. The van der Waals surface area contributed by atoms with Crippen molar-refractivity contribution in [1.29, 1.82) is 0 Å². The molecule has 0 aromatic carbocycles. The van der Waals surface area contributed by atoms with Crippen LogP contribution in [0, 0.1) is 20.8 Å². The molecule has 0 saturated heterocycles. The summed E-state index contributed by atoms with van der Waals surface area (Å²) >= 11 is 0. The highest BCUT2D eigenvalue weighted by Gasteiger charge is 2.26. The van der Waals surface area contributed by atoms with Gasteiger partial charge in [0, 0.05) is 23.5 Å². The first kappa shape index (κ1) is 18.3. The van der Waals surface area contributed by atoms with E-state index < -0.39 is 0 Å². The Balaban J connectivity index is 1.42. The van der Waals surface area contributed by atoms with Crippen molar-refractivity contribution >= 4 is 11.7 Å². The largest absolute Gasteiger partial charge is 0.347 e. The molecule has 3 aromatic rings. The summed E-state index contributed by atoms with van der Waals surface area (Å²) in [6, 6.07) is 5.29. The third-order valence-corrected chi connectivity index (χ3v) is 5.16. The van der Waals surface area contributed by atoms with Gasteiger partial charge in [-0.05, 0) is 58.6 Å². The Bertz CT molecular complexity index is 1090. The summed E-state index contributed by atoms with van der Waals surface area (Å²) in [4.78, 5) is 33.2. The maximum absolute atomic E-state index is 12.6. The zero-order valence-electron chi connectivity index (χ0n) is 16.2. The summed E-state index contributed by atoms with van der Waals surface area (Å²) < 4.78 is 3.16. The summed E-state index contributed by atoms with van der Waals surface area (Å²) in [6.07, 6.45) is 3.14. The van der Waals surface area contributed by atoms with Gasteiger partial charge in [0.05, 0.1) is 11.7 Å². The van der Waals surface area contributed by atoms with E-state index in [1.54, 1.807) is 21.3 Å². The lowest BCUT2D eigenvalue weighted by atomic mass is 9.91. The molecular formula is C19H23N7O2. The number of fused-ring (bicyclic) bond motifs is 1. The molecule has 1 amide bonds. The molecule has 0 atom stereocenters. The Morgan fingerprint density at radius 3 is 2.54 bits per heavy atom. The van der Waals surface area contributed by atoms with Gasteiger partial charge in [-0.3, -0.25) is 9.59 Å². The number of carbonyl (C=O) groups excluding carboxylic acids is 1. The lowest BCUT2D eigenvalue weighted by molar-refractivity contribution is 0.0911. The van der Waals surface area contributed by atoms with Crippen LogP contribution in [0.2, 0.25) is 0 Å². The van der Waals surface area contributed by atoms with Gasteiger partial charge in [-0.2, -0.15) is 10.1 Å². The van der Waals surface area contributed by atoms with Gasteiger partial charge in [0.2, 0.25) is 5.82 Å². The summed E-state index contributed by atoms with van der Waals surface area (Å²) in [7, 11) is 0. The van der Waals surface area contributed by atoms with E-state index in [4.69, 9.17) is 0 Å². The van der Waals surface area contributed by atoms with Gasteiger partial charge in [-0.15, -0.1) is 5.10 Å². The topological polar surface area (TPSA) is 107 Å². The zero-order chi connectivity index (χ0) is 19.8. The molecule has 1 aliphatic rings. The molecule has 9 heteroatoms. The number of amides is 1. The van der Waals surface area contributed by atoms with Crippen LogP contribution in [0.15, 0.2) is 23.0 Å². The van der Waals surface area contributed by atoms with Crippen LogP contribution in [0.5, 0.6) is 0 Å². The van der Waals surface area contributed by atoms with Crippen LogP contribution < -0.4 is 10.9 Å². The first-order valence-corrected chi connectivity index (χ1v) is 9.49. The van der Waals surface area contributed by atoms with Crippen LogP contribution >= 0.6 is 0 Å². The number of hydrogen-bond donors (Lipinski definition) is 1. The van der Waals surface area contributed by atoms with Crippen molar-refractivity contribution in [2.24, 2.45) is 0 Å². The minimum atomic E-state index is -0.295. The summed E-state index contributed by atoms with van der Waals surface area (Å²) in [5, 5.41) is 11.7. The Morgan fingerprint density at radius 1 is 1.04 bits per heavy atom. The third-order valence-electron chi connectivity index (χ3n) is 5.16.